The Morgan fingerprint density at radius 3 is 2.84 bits per heavy atom. The average Bonchev–Trinajstić information content (AvgIpc) is 2.81. The number of hydrogen-bond donors (Lipinski definition) is 1. The number of hydrogen-bond acceptors (Lipinski definition) is 3. The molecular weight excluding hydrogens is 256 g/mol. The summed E-state index contributed by atoms with van der Waals surface area (Å²) in [5, 5.41) is 5.44. The van der Waals surface area contributed by atoms with Gasteiger partial charge in [-0.15, -0.1) is 0 Å². The number of pyridine rings is 1. The number of fused-ring (bicyclic) bond motifs is 1. The molecule has 2 aromatic heterocycles. The van der Waals surface area contributed by atoms with Crippen molar-refractivity contribution in [1.82, 2.24) is 14.8 Å². The van der Waals surface area contributed by atoms with Crippen LogP contribution in [0.1, 0.15) is 11.1 Å². The van der Waals surface area contributed by atoms with E-state index in [1.165, 1.54) is 0 Å². The fourth-order valence-electron chi connectivity index (χ4n) is 2.15. The lowest BCUT2D eigenvalue weighted by Gasteiger charge is -2.10. The molecule has 0 fully saturated rings. The van der Waals surface area contributed by atoms with Crippen molar-refractivity contribution in [1.29, 1.82) is 0 Å². The van der Waals surface area contributed by atoms with Crippen molar-refractivity contribution in [2.24, 2.45) is 5.73 Å². The zero-order valence-corrected chi connectivity index (χ0v) is 11.2. The van der Waals surface area contributed by atoms with Gasteiger partial charge in [0.2, 0.25) is 0 Å². The van der Waals surface area contributed by atoms with Gasteiger partial charge in [0.15, 0.2) is 5.82 Å². The summed E-state index contributed by atoms with van der Waals surface area (Å²) in [6.07, 6.45) is 3.55. The Kier molecular flexibility index (Phi) is 2.76. The molecule has 94 valence electrons. The van der Waals surface area contributed by atoms with Gasteiger partial charge in [-0.2, -0.15) is 5.10 Å². The van der Waals surface area contributed by atoms with Crippen LogP contribution < -0.4 is 5.73 Å². The minimum atomic E-state index is 0.334. The Balaban J connectivity index is 2.33. The maximum absolute atomic E-state index is 5.82. The molecule has 0 saturated carbocycles. The fourth-order valence-corrected chi connectivity index (χ4v) is 2.40. The fraction of sp³-hybridized carbons (Fsp3) is 0.0714. The van der Waals surface area contributed by atoms with E-state index in [4.69, 9.17) is 18.0 Å². The standard InChI is InChI=1S/C14H12N4S/c1-9-6-7-16-14(12(9)13(15)19)18-11-5-3-2-4-10(11)8-17-18/h2-8H,1H3,(H2,15,19). The number of nitrogens with zero attached hydrogens (tertiary/aromatic N) is 3. The van der Waals surface area contributed by atoms with Crippen LogP contribution in [0.4, 0.5) is 0 Å². The third kappa shape index (κ3) is 1.88. The molecule has 0 atom stereocenters. The summed E-state index contributed by atoms with van der Waals surface area (Å²) in [7, 11) is 0. The summed E-state index contributed by atoms with van der Waals surface area (Å²) in [5.74, 6) is 0.675. The number of aromatic nitrogens is 3. The molecule has 0 amide bonds. The van der Waals surface area contributed by atoms with E-state index in [0.29, 0.717) is 10.8 Å². The Hall–Kier alpha value is -2.27. The molecule has 3 aromatic rings. The lowest BCUT2D eigenvalue weighted by molar-refractivity contribution is 0.870. The minimum absolute atomic E-state index is 0.334. The van der Waals surface area contributed by atoms with Gasteiger partial charge in [0, 0.05) is 11.6 Å². The van der Waals surface area contributed by atoms with Crippen LogP contribution in [-0.4, -0.2) is 19.8 Å². The van der Waals surface area contributed by atoms with Crippen LogP contribution >= 0.6 is 12.2 Å². The second-order valence-corrected chi connectivity index (χ2v) is 4.75. The van der Waals surface area contributed by atoms with Crippen molar-refractivity contribution in [3.05, 3.63) is 53.9 Å². The van der Waals surface area contributed by atoms with Crippen LogP contribution in [0.3, 0.4) is 0 Å². The van der Waals surface area contributed by atoms with Crippen molar-refractivity contribution in [2.45, 2.75) is 6.92 Å². The van der Waals surface area contributed by atoms with Crippen LogP contribution in [0.2, 0.25) is 0 Å². The van der Waals surface area contributed by atoms with Gasteiger partial charge in [-0.25, -0.2) is 9.67 Å². The average molecular weight is 268 g/mol. The second-order valence-electron chi connectivity index (χ2n) is 4.31. The van der Waals surface area contributed by atoms with Gasteiger partial charge in [0.1, 0.15) is 4.99 Å². The highest BCUT2D eigenvalue weighted by Gasteiger charge is 2.14. The summed E-state index contributed by atoms with van der Waals surface area (Å²) >= 11 is 5.13. The molecule has 0 radical (unpaired) electrons. The van der Waals surface area contributed by atoms with E-state index < -0.39 is 0 Å². The van der Waals surface area contributed by atoms with Gasteiger partial charge in [-0.1, -0.05) is 30.4 Å². The van der Waals surface area contributed by atoms with Gasteiger partial charge < -0.3 is 5.73 Å². The Labute approximate surface area is 115 Å². The van der Waals surface area contributed by atoms with E-state index in [0.717, 1.165) is 22.0 Å². The molecule has 0 aliphatic heterocycles. The number of rotatable bonds is 2. The maximum Gasteiger partial charge on any atom is 0.164 e. The summed E-state index contributed by atoms with van der Waals surface area (Å²) in [6, 6.07) is 9.84. The first-order valence-corrected chi connectivity index (χ1v) is 6.28. The van der Waals surface area contributed by atoms with E-state index in [2.05, 4.69) is 10.1 Å². The van der Waals surface area contributed by atoms with E-state index in [-0.39, 0.29) is 0 Å². The lowest BCUT2D eigenvalue weighted by atomic mass is 10.1. The first kappa shape index (κ1) is 11.8. The molecule has 19 heavy (non-hydrogen) atoms. The summed E-state index contributed by atoms with van der Waals surface area (Å²) in [4.78, 5) is 4.72. The van der Waals surface area contributed by atoms with Crippen LogP contribution in [0.5, 0.6) is 0 Å². The Morgan fingerprint density at radius 1 is 1.26 bits per heavy atom. The molecule has 0 unspecified atom stereocenters. The summed E-state index contributed by atoms with van der Waals surface area (Å²) < 4.78 is 1.77. The first-order chi connectivity index (χ1) is 9.18. The highest BCUT2D eigenvalue weighted by Crippen LogP contribution is 2.21. The van der Waals surface area contributed by atoms with Crippen LogP contribution in [0.15, 0.2) is 42.7 Å². The second kappa shape index (κ2) is 4.44. The highest BCUT2D eigenvalue weighted by atomic mass is 32.1. The zero-order valence-electron chi connectivity index (χ0n) is 10.4. The SMILES string of the molecule is Cc1ccnc(-n2ncc3ccccc32)c1C(N)=S. The van der Waals surface area contributed by atoms with Crippen LogP contribution in [0, 0.1) is 6.92 Å². The van der Waals surface area contributed by atoms with Gasteiger partial charge in [-0.05, 0) is 24.6 Å². The third-order valence-corrected chi connectivity index (χ3v) is 3.27. The predicted octanol–water partition coefficient (Wildman–Crippen LogP) is 2.36. The van der Waals surface area contributed by atoms with E-state index >= 15 is 0 Å². The predicted molar refractivity (Wildman–Crippen MR) is 79.5 cm³/mol. The topological polar surface area (TPSA) is 56.7 Å². The molecular formula is C14H12N4S. The van der Waals surface area contributed by atoms with Gasteiger partial charge in [0.05, 0.1) is 17.3 Å². The quantitative estimate of drug-likeness (QED) is 0.725. The van der Waals surface area contributed by atoms with Gasteiger partial charge in [-0.3, -0.25) is 0 Å². The number of nitrogens with two attached hydrogens (primary N) is 1. The molecule has 0 spiro atoms. The molecule has 2 heterocycles. The monoisotopic (exact) mass is 268 g/mol. The van der Waals surface area contributed by atoms with Crippen LogP contribution in [-0.2, 0) is 0 Å². The van der Waals surface area contributed by atoms with E-state index in [1.54, 1.807) is 10.9 Å². The normalized spacial score (nSPS) is 10.8. The van der Waals surface area contributed by atoms with E-state index in [9.17, 15) is 0 Å². The highest BCUT2D eigenvalue weighted by molar-refractivity contribution is 7.80. The number of benzene rings is 1. The molecule has 2 N–H and O–H groups in total. The minimum Gasteiger partial charge on any atom is -0.389 e. The molecule has 0 aliphatic carbocycles. The molecule has 0 saturated heterocycles. The lowest BCUT2D eigenvalue weighted by Crippen LogP contribution is -2.17. The number of thiocarbonyl (C=S) groups is 1. The maximum atomic E-state index is 5.82. The largest absolute Gasteiger partial charge is 0.389 e. The Morgan fingerprint density at radius 2 is 2.05 bits per heavy atom. The molecule has 0 bridgehead atoms. The van der Waals surface area contributed by atoms with Crippen molar-refractivity contribution in [3.8, 4) is 5.82 Å². The number of aryl methyl sites for hydroxylation is 1. The summed E-state index contributed by atoms with van der Waals surface area (Å²) in [5.41, 5.74) is 8.57. The van der Waals surface area contributed by atoms with Crippen molar-refractivity contribution >= 4 is 28.1 Å². The molecule has 3 rings (SSSR count). The van der Waals surface area contributed by atoms with Gasteiger partial charge >= 0.3 is 0 Å². The van der Waals surface area contributed by atoms with Crippen molar-refractivity contribution in [2.75, 3.05) is 0 Å². The molecule has 4 nitrogen and oxygen atoms in total. The Bertz CT molecular complexity index is 776. The molecule has 5 heteroatoms. The van der Waals surface area contributed by atoms with Crippen molar-refractivity contribution in [3.63, 3.8) is 0 Å². The van der Waals surface area contributed by atoms with Crippen LogP contribution in [0.25, 0.3) is 16.7 Å². The van der Waals surface area contributed by atoms with Gasteiger partial charge in [0.25, 0.3) is 0 Å². The zero-order chi connectivity index (χ0) is 13.4. The molecule has 0 aliphatic rings. The summed E-state index contributed by atoms with van der Waals surface area (Å²) in [6.45, 7) is 1.96. The van der Waals surface area contributed by atoms with E-state index in [1.807, 2.05) is 43.5 Å². The number of para-hydroxylation sites is 1. The smallest absolute Gasteiger partial charge is 0.164 e. The third-order valence-electron chi connectivity index (χ3n) is 3.06. The van der Waals surface area contributed by atoms with Crippen molar-refractivity contribution < 1.29 is 0 Å². The first-order valence-electron chi connectivity index (χ1n) is 5.87. The molecule has 1 aromatic carbocycles.